The van der Waals surface area contributed by atoms with E-state index in [1.54, 1.807) is 52.1 Å². The predicted octanol–water partition coefficient (Wildman–Crippen LogP) is 4.07. The predicted molar refractivity (Wildman–Crippen MR) is 124 cm³/mol. The number of aryl methyl sites for hydroxylation is 1. The third-order valence-corrected chi connectivity index (χ3v) is 7.40. The van der Waals surface area contributed by atoms with Crippen molar-refractivity contribution in [1.82, 2.24) is 15.2 Å². The lowest BCUT2D eigenvalue weighted by molar-refractivity contribution is 0.121. The van der Waals surface area contributed by atoms with Crippen LogP contribution in [0.4, 0.5) is 11.5 Å². The van der Waals surface area contributed by atoms with E-state index in [0.717, 1.165) is 11.3 Å². The van der Waals surface area contributed by atoms with E-state index < -0.39 is 20.7 Å². The van der Waals surface area contributed by atoms with E-state index >= 15 is 0 Å². The number of H-pyrrole nitrogens is 1. The molecule has 0 radical (unpaired) electrons. The first-order valence-electron chi connectivity index (χ1n) is 9.68. The van der Waals surface area contributed by atoms with E-state index in [9.17, 15) is 13.5 Å². The van der Waals surface area contributed by atoms with Crippen LogP contribution >= 0.6 is 12.4 Å². The Morgan fingerprint density at radius 2 is 1.94 bits per heavy atom. The number of aliphatic hydroxyl groups excluding tert-OH is 1. The molecule has 170 valence electrons. The van der Waals surface area contributed by atoms with Crippen molar-refractivity contribution in [2.45, 2.75) is 57.3 Å². The van der Waals surface area contributed by atoms with Gasteiger partial charge in [0.15, 0.2) is 15.7 Å². The number of hydrogen-bond acceptors (Lipinski definition) is 7. The Hall–Kier alpha value is -2.36. The smallest absolute Gasteiger partial charge is 0.186 e. The molecule has 2 aromatic heterocycles. The maximum absolute atomic E-state index is 13.3. The van der Waals surface area contributed by atoms with Crippen molar-refractivity contribution in [3.05, 3.63) is 35.7 Å². The molecule has 0 bridgehead atoms. The highest BCUT2D eigenvalue weighted by Gasteiger charge is 2.34. The van der Waals surface area contributed by atoms with Gasteiger partial charge in [0, 0.05) is 28.9 Å². The van der Waals surface area contributed by atoms with Crippen LogP contribution in [0.15, 0.2) is 29.3 Å². The molecule has 0 saturated carbocycles. The second-order valence-corrected chi connectivity index (χ2v) is 11.1. The fourth-order valence-electron chi connectivity index (χ4n) is 2.86. The number of halogens is 1. The van der Waals surface area contributed by atoms with Gasteiger partial charge in [-0.2, -0.15) is 5.10 Å². The summed E-state index contributed by atoms with van der Waals surface area (Å²) in [6.45, 7) is 10.4. The molecule has 3 rings (SSSR count). The van der Waals surface area contributed by atoms with Gasteiger partial charge in [0.2, 0.25) is 0 Å². The van der Waals surface area contributed by atoms with Crippen LogP contribution in [-0.2, 0) is 9.84 Å². The van der Waals surface area contributed by atoms with Gasteiger partial charge in [-0.05, 0) is 53.7 Å². The minimum atomic E-state index is -3.72. The Morgan fingerprint density at radius 3 is 2.48 bits per heavy atom. The van der Waals surface area contributed by atoms with Crippen LogP contribution in [0, 0.1) is 13.8 Å². The third-order valence-electron chi connectivity index (χ3n) is 4.89. The molecule has 3 N–H and O–H groups in total. The van der Waals surface area contributed by atoms with E-state index in [1.807, 2.05) is 13.8 Å². The van der Waals surface area contributed by atoms with Gasteiger partial charge in [0.25, 0.3) is 0 Å². The van der Waals surface area contributed by atoms with Crippen LogP contribution in [0.3, 0.4) is 0 Å². The summed E-state index contributed by atoms with van der Waals surface area (Å²) in [4.78, 5) is 4.44. The summed E-state index contributed by atoms with van der Waals surface area (Å²) in [5.74, 6) is 0.837. The number of fused-ring (bicyclic) bond motifs is 1. The number of aromatic nitrogens is 3. The van der Waals surface area contributed by atoms with Crippen LogP contribution in [0.5, 0.6) is 5.75 Å². The number of anilines is 2. The van der Waals surface area contributed by atoms with Crippen molar-refractivity contribution in [2.75, 3.05) is 11.9 Å². The number of benzene rings is 1. The maximum Gasteiger partial charge on any atom is 0.186 e. The molecule has 0 unspecified atom stereocenters. The molecule has 0 fully saturated rings. The lowest BCUT2D eigenvalue weighted by atomic mass is 10.1. The summed E-state index contributed by atoms with van der Waals surface area (Å²) >= 11 is 0. The molecule has 0 amide bonds. The van der Waals surface area contributed by atoms with Gasteiger partial charge >= 0.3 is 0 Å². The largest absolute Gasteiger partial charge is 0.489 e. The lowest BCUT2D eigenvalue weighted by Crippen LogP contribution is -2.28. The molecule has 10 heteroatoms. The molecule has 0 aliphatic carbocycles. The number of nitrogens with one attached hydrogen (secondary N) is 2. The van der Waals surface area contributed by atoms with Crippen LogP contribution in [0.2, 0.25) is 0 Å². The fraction of sp³-hybridized carbons (Fsp3) is 0.429. The minimum Gasteiger partial charge on any atom is -0.489 e. The van der Waals surface area contributed by atoms with Gasteiger partial charge in [0.1, 0.15) is 17.3 Å². The SMILES string of the molecule is Cc1[nH]nc(Nc2ccnc3cc(OC[C@@H](C)O)c(S(=O)(=O)C(C)(C)C)cc23)c1C.Cl. The van der Waals surface area contributed by atoms with Gasteiger partial charge in [-0.1, -0.05) is 0 Å². The molecule has 0 aliphatic rings. The quantitative estimate of drug-likeness (QED) is 0.499. The highest BCUT2D eigenvalue weighted by Crippen LogP contribution is 2.37. The number of sulfone groups is 1. The number of aliphatic hydroxyl groups is 1. The van der Waals surface area contributed by atoms with Crippen molar-refractivity contribution in [2.24, 2.45) is 0 Å². The van der Waals surface area contributed by atoms with E-state index in [1.165, 1.54) is 0 Å². The van der Waals surface area contributed by atoms with Crippen molar-refractivity contribution in [3.63, 3.8) is 0 Å². The maximum atomic E-state index is 13.3. The summed E-state index contributed by atoms with van der Waals surface area (Å²) in [5, 5.41) is 20.7. The van der Waals surface area contributed by atoms with Gasteiger partial charge in [0.05, 0.1) is 22.1 Å². The molecule has 1 aromatic carbocycles. The second kappa shape index (κ2) is 9.02. The van der Waals surface area contributed by atoms with E-state index in [4.69, 9.17) is 4.74 Å². The average Bonchev–Trinajstić information content (AvgIpc) is 2.97. The fourth-order valence-corrected chi connectivity index (χ4v) is 4.18. The van der Waals surface area contributed by atoms with E-state index in [-0.39, 0.29) is 29.7 Å². The Bertz CT molecular complexity index is 1180. The number of rotatable bonds is 6. The Morgan fingerprint density at radius 1 is 1.26 bits per heavy atom. The highest BCUT2D eigenvalue weighted by molar-refractivity contribution is 7.92. The molecule has 0 aliphatic heterocycles. The van der Waals surface area contributed by atoms with Crippen molar-refractivity contribution in [3.8, 4) is 5.75 Å². The Balaban J connectivity index is 0.00000341. The lowest BCUT2D eigenvalue weighted by Gasteiger charge is -2.22. The van der Waals surface area contributed by atoms with Gasteiger partial charge in [-0.25, -0.2) is 8.42 Å². The summed E-state index contributed by atoms with van der Waals surface area (Å²) < 4.78 is 31.2. The number of ether oxygens (including phenoxy) is 1. The normalized spacial score (nSPS) is 13.0. The highest BCUT2D eigenvalue weighted by atomic mass is 35.5. The van der Waals surface area contributed by atoms with Crippen LogP contribution in [0.1, 0.15) is 39.0 Å². The standard InChI is InChI=1S/C21H28N4O4S.ClH/c1-12(26)11-29-18-10-17-15(9-19(18)30(27,28)21(4,5)6)16(7-8-22-17)23-20-13(2)14(3)24-25-20;/h7-10,12,26H,11H2,1-6H3,(H2,22,23,24,25);1H/t12-;/m1./s1. The first-order valence-corrected chi connectivity index (χ1v) is 11.2. The van der Waals surface area contributed by atoms with Crippen LogP contribution in [-0.4, -0.2) is 46.2 Å². The zero-order valence-electron chi connectivity index (χ0n) is 18.5. The molecule has 3 aromatic rings. The summed E-state index contributed by atoms with van der Waals surface area (Å²) in [5.41, 5.74) is 3.17. The second-order valence-electron chi connectivity index (χ2n) is 8.40. The molecule has 2 heterocycles. The Labute approximate surface area is 188 Å². The molecule has 0 spiro atoms. The molecule has 1 atom stereocenters. The first-order chi connectivity index (χ1) is 13.9. The topological polar surface area (TPSA) is 117 Å². The van der Waals surface area contributed by atoms with Crippen molar-refractivity contribution >= 4 is 44.7 Å². The summed E-state index contributed by atoms with van der Waals surface area (Å²) in [7, 11) is -3.72. The molecule has 0 saturated heterocycles. The van der Waals surface area contributed by atoms with Crippen molar-refractivity contribution in [1.29, 1.82) is 0 Å². The third kappa shape index (κ3) is 4.94. The number of aromatic amines is 1. The zero-order valence-corrected chi connectivity index (χ0v) is 20.1. The molecular formula is C21H29ClN4O4S. The number of pyridine rings is 1. The molecular weight excluding hydrogens is 440 g/mol. The van der Waals surface area contributed by atoms with Crippen LogP contribution in [0.25, 0.3) is 10.9 Å². The molecule has 31 heavy (non-hydrogen) atoms. The van der Waals surface area contributed by atoms with E-state index in [0.29, 0.717) is 22.4 Å². The summed E-state index contributed by atoms with van der Waals surface area (Å²) in [6, 6.07) is 4.96. The monoisotopic (exact) mass is 468 g/mol. The first kappa shape index (κ1) is 24.9. The van der Waals surface area contributed by atoms with Gasteiger partial charge in [-0.15, -0.1) is 12.4 Å². The number of hydrogen-bond donors (Lipinski definition) is 3. The zero-order chi connectivity index (χ0) is 22.3. The number of nitrogens with zero attached hydrogens (tertiary/aromatic N) is 2. The summed E-state index contributed by atoms with van der Waals surface area (Å²) in [6.07, 6.45) is 0.897. The van der Waals surface area contributed by atoms with Gasteiger partial charge in [-0.3, -0.25) is 10.1 Å². The van der Waals surface area contributed by atoms with Crippen molar-refractivity contribution < 1.29 is 18.3 Å². The minimum absolute atomic E-state index is 0. The van der Waals surface area contributed by atoms with Gasteiger partial charge < -0.3 is 15.2 Å². The molecule has 8 nitrogen and oxygen atoms in total. The van der Waals surface area contributed by atoms with Crippen LogP contribution < -0.4 is 10.1 Å². The van der Waals surface area contributed by atoms with E-state index in [2.05, 4.69) is 20.5 Å². The Kier molecular flexibility index (Phi) is 7.24. The average molecular weight is 469 g/mol.